The molecule has 2 heterocycles. The molecule has 1 saturated heterocycles. The van der Waals surface area contributed by atoms with Gasteiger partial charge >= 0.3 is 5.69 Å². The molecular formula is C13H22N4O4S2. The minimum absolute atomic E-state index is 0.0419. The number of carbonyl (C=O) groups excluding carboxylic acids is 1. The molecule has 2 rings (SSSR count). The second-order valence-electron chi connectivity index (χ2n) is 5.49. The van der Waals surface area contributed by atoms with Crippen LogP contribution in [0.15, 0.2) is 9.95 Å². The molecule has 23 heavy (non-hydrogen) atoms. The van der Waals surface area contributed by atoms with Crippen molar-refractivity contribution in [3.63, 3.8) is 0 Å². The number of aromatic nitrogens is 3. The average molecular weight is 362 g/mol. The van der Waals surface area contributed by atoms with Crippen molar-refractivity contribution in [1.82, 2.24) is 19.7 Å². The van der Waals surface area contributed by atoms with E-state index in [0.717, 1.165) is 6.42 Å². The SMILES string of the molecule is CCCn1c(SCC(=O)N(CC)[C@H]2CCS(=O)(=O)C2)n[nH]c1=O. The molecule has 1 aliphatic rings. The van der Waals surface area contributed by atoms with E-state index in [1.54, 1.807) is 4.90 Å². The second kappa shape index (κ2) is 7.52. The van der Waals surface area contributed by atoms with Crippen molar-refractivity contribution in [1.29, 1.82) is 0 Å². The zero-order valence-corrected chi connectivity index (χ0v) is 15.0. The molecule has 0 spiro atoms. The van der Waals surface area contributed by atoms with E-state index >= 15 is 0 Å². The molecule has 10 heteroatoms. The predicted molar refractivity (Wildman–Crippen MR) is 88.3 cm³/mol. The maximum absolute atomic E-state index is 12.4. The van der Waals surface area contributed by atoms with Crippen molar-refractivity contribution >= 4 is 27.5 Å². The Labute approximate surface area is 139 Å². The van der Waals surface area contributed by atoms with Crippen molar-refractivity contribution in [2.45, 2.75) is 44.4 Å². The Morgan fingerprint density at radius 1 is 1.48 bits per heavy atom. The highest BCUT2D eigenvalue weighted by Gasteiger charge is 2.33. The van der Waals surface area contributed by atoms with Gasteiger partial charge in [0, 0.05) is 19.1 Å². The number of nitrogens with zero attached hydrogens (tertiary/aromatic N) is 3. The minimum atomic E-state index is -3.03. The van der Waals surface area contributed by atoms with Gasteiger partial charge in [0.25, 0.3) is 0 Å². The van der Waals surface area contributed by atoms with E-state index in [1.807, 2.05) is 13.8 Å². The highest BCUT2D eigenvalue weighted by molar-refractivity contribution is 7.99. The lowest BCUT2D eigenvalue weighted by Crippen LogP contribution is -2.42. The number of hydrogen-bond acceptors (Lipinski definition) is 6. The van der Waals surface area contributed by atoms with Crippen LogP contribution >= 0.6 is 11.8 Å². The van der Waals surface area contributed by atoms with Gasteiger partial charge in [0.15, 0.2) is 15.0 Å². The summed E-state index contributed by atoms with van der Waals surface area (Å²) in [6.45, 7) is 4.82. The van der Waals surface area contributed by atoms with Gasteiger partial charge in [-0.15, -0.1) is 5.10 Å². The Kier molecular flexibility index (Phi) is 5.90. The van der Waals surface area contributed by atoms with E-state index in [2.05, 4.69) is 10.2 Å². The van der Waals surface area contributed by atoms with Gasteiger partial charge < -0.3 is 4.90 Å². The molecule has 1 fully saturated rings. The number of rotatable bonds is 7. The van der Waals surface area contributed by atoms with Gasteiger partial charge in [-0.25, -0.2) is 18.3 Å². The van der Waals surface area contributed by atoms with Crippen LogP contribution in [0.25, 0.3) is 0 Å². The van der Waals surface area contributed by atoms with E-state index in [-0.39, 0.29) is 34.9 Å². The van der Waals surface area contributed by atoms with Crippen LogP contribution in [0.4, 0.5) is 0 Å². The molecule has 1 N–H and O–H groups in total. The molecule has 0 radical (unpaired) electrons. The standard InChI is InChI=1S/C13H22N4O4S2/c1-3-6-17-12(19)14-15-13(17)22-8-11(18)16(4-2)10-5-7-23(20,21)9-10/h10H,3-9H2,1-2H3,(H,14,19)/t10-/m0/s1. The third-order valence-electron chi connectivity index (χ3n) is 3.81. The van der Waals surface area contributed by atoms with Gasteiger partial charge in [0.1, 0.15) is 0 Å². The van der Waals surface area contributed by atoms with Crippen molar-refractivity contribution in [2.24, 2.45) is 0 Å². The van der Waals surface area contributed by atoms with Crippen LogP contribution in [0.3, 0.4) is 0 Å². The smallest absolute Gasteiger partial charge is 0.338 e. The van der Waals surface area contributed by atoms with Gasteiger partial charge in [-0.2, -0.15) is 0 Å². The molecule has 130 valence electrons. The van der Waals surface area contributed by atoms with E-state index in [1.165, 1.54) is 16.3 Å². The van der Waals surface area contributed by atoms with E-state index in [0.29, 0.717) is 24.7 Å². The number of hydrogen-bond donors (Lipinski definition) is 1. The Hall–Kier alpha value is -1.29. The summed E-state index contributed by atoms with van der Waals surface area (Å²) in [5.74, 6) is 0.195. The fraction of sp³-hybridized carbons (Fsp3) is 0.769. The summed E-state index contributed by atoms with van der Waals surface area (Å²) in [7, 11) is -3.03. The molecule has 0 aliphatic carbocycles. The van der Waals surface area contributed by atoms with Gasteiger partial charge in [-0.3, -0.25) is 9.36 Å². The summed E-state index contributed by atoms with van der Waals surface area (Å²) in [5, 5.41) is 6.81. The number of sulfone groups is 1. The van der Waals surface area contributed by atoms with Gasteiger partial charge in [-0.1, -0.05) is 18.7 Å². The summed E-state index contributed by atoms with van der Waals surface area (Å²) in [4.78, 5) is 25.6. The lowest BCUT2D eigenvalue weighted by Gasteiger charge is -2.26. The average Bonchev–Trinajstić information content (AvgIpc) is 3.02. The van der Waals surface area contributed by atoms with E-state index in [4.69, 9.17) is 0 Å². The molecule has 1 amide bonds. The van der Waals surface area contributed by atoms with Crippen LogP contribution in [0.1, 0.15) is 26.7 Å². The lowest BCUT2D eigenvalue weighted by molar-refractivity contribution is -0.129. The topological polar surface area (TPSA) is 105 Å². The zero-order chi connectivity index (χ0) is 17.0. The monoisotopic (exact) mass is 362 g/mol. The largest absolute Gasteiger partial charge is 0.343 e. The molecular weight excluding hydrogens is 340 g/mol. The van der Waals surface area contributed by atoms with Crippen LogP contribution in [0, 0.1) is 0 Å². The third kappa shape index (κ3) is 4.37. The quantitative estimate of drug-likeness (QED) is 0.690. The third-order valence-corrected chi connectivity index (χ3v) is 6.52. The van der Waals surface area contributed by atoms with Crippen molar-refractivity contribution in [2.75, 3.05) is 23.8 Å². The molecule has 0 unspecified atom stereocenters. The van der Waals surface area contributed by atoms with Crippen molar-refractivity contribution in [3.8, 4) is 0 Å². The molecule has 1 aromatic heterocycles. The summed E-state index contributed by atoms with van der Waals surface area (Å²) >= 11 is 1.20. The van der Waals surface area contributed by atoms with E-state index < -0.39 is 9.84 Å². The first-order chi connectivity index (χ1) is 10.9. The van der Waals surface area contributed by atoms with E-state index in [9.17, 15) is 18.0 Å². The fourth-order valence-corrected chi connectivity index (χ4v) is 5.29. The minimum Gasteiger partial charge on any atom is -0.338 e. The zero-order valence-electron chi connectivity index (χ0n) is 13.3. The molecule has 1 atom stereocenters. The molecule has 0 bridgehead atoms. The number of aromatic amines is 1. The Morgan fingerprint density at radius 3 is 2.78 bits per heavy atom. The Morgan fingerprint density at radius 2 is 2.22 bits per heavy atom. The Balaban J connectivity index is 1.99. The molecule has 0 aromatic carbocycles. The molecule has 0 saturated carbocycles. The van der Waals surface area contributed by atoms with Crippen molar-refractivity contribution in [3.05, 3.63) is 10.5 Å². The Bertz CT molecular complexity index is 710. The van der Waals surface area contributed by atoms with Crippen LogP contribution in [0.2, 0.25) is 0 Å². The maximum Gasteiger partial charge on any atom is 0.343 e. The van der Waals surface area contributed by atoms with Crippen LogP contribution in [-0.4, -0.2) is 63.8 Å². The van der Waals surface area contributed by atoms with Gasteiger partial charge in [0.05, 0.1) is 17.3 Å². The summed E-state index contributed by atoms with van der Waals surface area (Å²) in [6, 6.07) is -0.241. The van der Waals surface area contributed by atoms with Crippen molar-refractivity contribution < 1.29 is 13.2 Å². The first-order valence-electron chi connectivity index (χ1n) is 7.65. The summed E-state index contributed by atoms with van der Waals surface area (Å²) < 4.78 is 24.7. The fourth-order valence-electron chi connectivity index (χ4n) is 2.70. The highest BCUT2D eigenvalue weighted by atomic mass is 32.2. The molecule has 8 nitrogen and oxygen atoms in total. The van der Waals surface area contributed by atoms with Crippen LogP contribution in [0.5, 0.6) is 0 Å². The van der Waals surface area contributed by atoms with Gasteiger partial charge in [-0.05, 0) is 19.8 Å². The number of nitrogens with one attached hydrogen (secondary N) is 1. The number of carbonyl (C=O) groups is 1. The summed E-state index contributed by atoms with van der Waals surface area (Å²) in [5.41, 5.74) is -0.281. The predicted octanol–water partition coefficient (Wildman–Crippen LogP) is 0.109. The van der Waals surface area contributed by atoms with Gasteiger partial charge in [0.2, 0.25) is 5.91 Å². The highest BCUT2D eigenvalue weighted by Crippen LogP contribution is 2.20. The first kappa shape index (κ1) is 18.1. The lowest BCUT2D eigenvalue weighted by atomic mass is 10.2. The first-order valence-corrected chi connectivity index (χ1v) is 10.5. The van der Waals surface area contributed by atoms with Crippen LogP contribution < -0.4 is 5.69 Å². The number of H-pyrrole nitrogens is 1. The molecule has 1 aliphatic heterocycles. The normalized spacial score (nSPS) is 19.8. The van der Waals surface area contributed by atoms with Crippen LogP contribution in [-0.2, 0) is 21.2 Å². The second-order valence-corrected chi connectivity index (χ2v) is 8.66. The maximum atomic E-state index is 12.4. The number of amides is 1. The number of thioether (sulfide) groups is 1. The summed E-state index contributed by atoms with van der Waals surface area (Å²) in [6.07, 6.45) is 1.29. The molecule has 1 aromatic rings.